The Labute approximate surface area is 103 Å². The second kappa shape index (κ2) is 5.76. The van der Waals surface area contributed by atoms with Gasteiger partial charge in [0.1, 0.15) is 0 Å². The summed E-state index contributed by atoms with van der Waals surface area (Å²) in [5.41, 5.74) is -0.0781. The van der Waals surface area contributed by atoms with Crippen LogP contribution in [0.15, 0.2) is 18.2 Å². The van der Waals surface area contributed by atoms with Gasteiger partial charge >= 0.3 is 17.9 Å². The molecule has 0 unspecified atom stereocenters. The van der Waals surface area contributed by atoms with Crippen LogP contribution in [0.4, 0.5) is 0 Å². The van der Waals surface area contributed by atoms with E-state index < -0.39 is 24.5 Å². The van der Waals surface area contributed by atoms with Crippen LogP contribution in [-0.2, 0) is 20.8 Å². The van der Waals surface area contributed by atoms with Crippen LogP contribution in [0, 0.1) is 0 Å². The van der Waals surface area contributed by atoms with Crippen molar-refractivity contribution in [2.24, 2.45) is 0 Å². The summed E-state index contributed by atoms with van der Waals surface area (Å²) in [7, 11) is 2.33. The standard InChI is InChI=1S/C11H11NO6/c1-17-10(15)7-4-3-5-8(11(16)18-2)12(7)6-9(13)14/h3-5H,6H2,1-2H3/p+1. The van der Waals surface area contributed by atoms with Gasteiger partial charge in [0.15, 0.2) is 0 Å². The van der Waals surface area contributed by atoms with Gasteiger partial charge in [0, 0.05) is 12.1 Å². The molecule has 7 nitrogen and oxygen atoms in total. The maximum absolute atomic E-state index is 11.5. The lowest BCUT2D eigenvalue weighted by atomic mass is 10.2. The van der Waals surface area contributed by atoms with Crippen LogP contribution >= 0.6 is 0 Å². The molecule has 96 valence electrons. The van der Waals surface area contributed by atoms with Crippen molar-refractivity contribution in [1.82, 2.24) is 0 Å². The van der Waals surface area contributed by atoms with Crippen LogP contribution in [-0.4, -0.2) is 37.2 Å². The van der Waals surface area contributed by atoms with E-state index in [0.717, 1.165) is 18.8 Å². The van der Waals surface area contributed by atoms with Crippen molar-refractivity contribution in [3.8, 4) is 0 Å². The minimum Gasteiger partial charge on any atom is -0.477 e. The molecule has 1 rings (SSSR count). The number of carbonyl (C=O) groups excluding carboxylic acids is 2. The lowest BCUT2D eigenvalue weighted by molar-refractivity contribution is -0.690. The molecule has 0 fully saturated rings. The minimum atomic E-state index is -1.19. The predicted octanol–water partition coefficient (Wildman–Crippen LogP) is -0.368. The lowest BCUT2D eigenvalue weighted by Crippen LogP contribution is -2.49. The van der Waals surface area contributed by atoms with E-state index in [2.05, 4.69) is 9.47 Å². The molecule has 0 amide bonds. The summed E-state index contributed by atoms with van der Waals surface area (Å²) >= 11 is 0. The highest BCUT2D eigenvalue weighted by Crippen LogP contribution is 2.01. The first-order valence-corrected chi connectivity index (χ1v) is 4.92. The minimum absolute atomic E-state index is 0.0391. The molecule has 0 bridgehead atoms. The molecule has 0 aliphatic heterocycles. The zero-order valence-corrected chi connectivity index (χ0v) is 9.87. The van der Waals surface area contributed by atoms with Crippen LogP contribution in [0.2, 0.25) is 0 Å². The van der Waals surface area contributed by atoms with E-state index in [9.17, 15) is 14.4 Å². The molecule has 0 saturated heterocycles. The van der Waals surface area contributed by atoms with Gasteiger partial charge in [-0.25, -0.2) is 14.4 Å². The Morgan fingerprint density at radius 2 is 1.56 bits per heavy atom. The smallest absolute Gasteiger partial charge is 0.403 e. The molecule has 0 aromatic carbocycles. The van der Waals surface area contributed by atoms with Gasteiger partial charge in [0.05, 0.1) is 14.2 Å². The summed E-state index contributed by atoms with van der Waals surface area (Å²) in [6, 6.07) is 4.17. The van der Waals surface area contributed by atoms with Crippen molar-refractivity contribution in [3.05, 3.63) is 29.6 Å². The van der Waals surface area contributed by atoms with Crippen LogP contribution in [0.5, 0.6) is 0 Å². The van der Waals surface area contributed by atoms with Crippen LogP contribution in [0.3, 0.4) is 0 Å². The second-order valence-electron chi connectivity index (χ2n) is 3.26. The third kappa shape index (κ3) is 2.82. The maximum Gasteiger partial charge on any atom is 0.403 e. The van der Waals surface area contributed by atoms with Gasteiger partial charge in [0.25, 0.3) is 11.4 Å². The SMILES string of the molecule is COC(=O)c1cccc(C(=O)OC)[n+]1CC(=O)O. The number of carboxylic acid groups (broad SMARTS) is 1. The summed E-state index contributed by atoms with van der Waals surface area (Å²) in [4.78, 5) is 33.8. The first kappa shape index (κ1) is 13.6. The van der Waals surface area contributed by atoms with Gasteiger partial charge in [-0.1, -0.05) is 0 Å². The fourth-order valence-corrected chi connectivity index (χ4v) is 1.41. The van der Waals surface area contributed by atoms with Gasteiger partial charge in [-0.15, -0.1) is 0 Å². The molecular weight excluding hydrogens is 242 g/mol. The fraction of sp³-hybridized carbons (Fsp3) is 0.273. The summed E-state index contributed by atoms with van der Waals surface area (Å²) in [5.74, 6) is -2.66. The van der Waals surface area contributed by atoms with Gasteiger partial charge in [-0.3, -0.25) is 0 Å². The Balaban J connectivity index is 3.38. The van der Waals surface area contributed by atoms with Crippen molar-refractivity contribution in [2.75, 3.05) is 14.2 Å². The van der Waals surface area contributed by atoms with E-state index in [0.29, 0.717) is 0 Å². The number of methoxy groups -OCH3 is 2. The molecule has 1 aromatic rings. The number of carboxylic acids is 1. The van der Waals surface area contributed by atoms with E-state index in [1.165, 1.54) is 18.2 Å². The highest BCUT2D eigenvalue weighted by molar-refractivity contribution is 5.89. The van der Waals surface area contributed by atoms with Gasteiger partial charge < -0.3 is 14.6 Å². The fourth-order valence-electron chi connectivity index (χ4n) is 1.41. The molecule has 1 N–H and O–H groups in total. The average Bonchev–Trinajstić information content (AvgIpc) is 2.36. The molecule has 0 aliphatic rings. The summed E-state index contributed by atoms with van der Waals surface area (Å²) < 4.78 is 10.1. The van der Waals surface area contributed by atoms with Gasteiger partial charge in [0.2, 0.25) is 6.54 Å². The monoisotopic (exact) mass is 254 g/mol. The Morgan fingerprint density at radius 1 is 1.11 bits per heavy atom. The number of pyridine rings is 1. The molecule has 0 radical (unpaired) electrons. The summed E-state index contributed by atoms with van der Waals surface area (Å²) in [5, 5.41) is 8.80. The molecular formula is C11H12NO6+. The zero-order chi connectivity index (χ0) is 13.7. The van der Waals surface area contributed by atoms with E-state index >= 15 is 0 Å². The van der Waals surface area contributed by atoms with Crippen molar-refractivity contribution >= 4 is 17.9 Å². The number of hydrogen-bond acceptors (Lipinski definition) is 5. The van der Waals surface area contributed by atoms with Crippen LogP contribution < -0.4 is 4.57 Å². The Morgan fingerprint density at radius 3 is 1.89 bits per heavy atom. The number of aromatic nitrogens is 1. The Hall–Kier alpha value is -2.44. The highest BCUT2D eigenvalue weighted by Gasteiger charge is 2.29. The first-order valence-electron chi connectivity index (χ1n) is 4.92. The predicted molar refractivity (Wildman–Crippen MR) is 57.0 cm³/mol. The summed E-state index contributed by atoms with van der Waals surface area (Å²) in [6.07, 6.45) is 0. The lowest BCUT2D eigenvalue weighted by Gasteiger charge is -2.04. The second-order valence-corrected chi connectivity index (χ2v) is 3.26. The number of aliphatic carboxylic acids is 1. The Kier molecular flexibility index (Phi) is 4.36. The normalized spacial score (nSPS) is 9.67. The third-order valence-electron chi connectivity index (χ3n) is 2.17. The molecule has 0 saturated carbocycles. The zero-order valence-electron chi connectivity index (χ0n) is 9.87. The van der Waals surface area contributed by atoms with E-state index in [1.54, 1.807) is 0 Å². The average molecular weight is 254 g/mol. The third-order valence-corrected chi connectivity index (χ3v) is 2.17. The number of rotatable bonds is 4. The molecule has 0 spiro atoms. The van der Waals surface area contributed by atoms with Gasteiger partial charge in [-0.05, 0) is 6.07 Å². The number of carbonyl (C=O) groups is 3. The van der Waals surface area contributed by atoms with E-state index in [-0.39, 0.29) is 11.4 Å². The summed E-state index contributed by atoms with van der Waals surface area (Å²) in [6.45, 7) is -0.546. The highest BCUT2D eigenvalue weighted by atomic mass is 16.5. The van der Waals surface area contributed by atoms with Crippen molar-refractivity contribution in [2.45, 2.75) is 6.54 Å². The van der Waals surface area contributed by atoms with E-state index in [4.69, 9.17) is 5.11 Å². The molecule has 0 atom stereocenters. The molecule has 1 aromatic heterocycles. The van der Waals surface area contributed by atoms with E-state index in [1.807, 2.05) is 0 Å². The molecule has 18 heavy (non-hydrogen) atoms. The van der Waals surface area contributed by atoms with Gasteiger partial charge in [-0.2, -0.15) is 4.57 Å². The Bertz CT molecular complexity index is 462. The van der Waals surface area contributed by atoms with Crippen molar-refractivity contribution in [1.29, 1.82) is 0 Å². The molecule has 7 heteroatoms. The largest absolute Gasteiger partial charge is 0.477 e. The topological polar surface area (TPSA) is 93.8 Å². The maximum atomic E-state index is 11.5. The number of ether oxygens (including phenoxy) is 2. The van der Waals surface area contributed by atoms with Crippen molar-refractivity contribution in [3.63, 3.8) is 0 Å². The number of hydrogen-bond donors (Lipinski definition) is 1. The first-order chi connectivity index (χ1) is 8.51. The van der Waals surface area contributed by atoms with Crippen molar-refractivity contribution < 1.29 is 33.5 Å². The van der Waals surface area contributed by atoms with Crippen LogP contribution in [0.1, 0.15) is 21.0 Å². The van der Waals surface area contributed by atoms with Crippen LogP contribution in [0.25, 0.3) is 0 Å². The number of esters is 2. The quantitative estimate of drug-likeness (QED) is 0.582. The molecule has 0 aliphatic carbocycles. The molecule has 1 heterocycles. The number of nitrogens with zero attached hydrogens (tertiary/aromatic N) is 1.